The molecule has 0 aliphatic carbocycles. The molecule has 1 aromatic carbocycles. The summed E-state index contributed by atoms with van der Waals surface area (Å²) in [5, 5.41) is 11.4. The zero-order valence-electron chi connectivity index (χ0n) is 11.7. The molecule has 1 rings (SSSR count). The van der Waals surface area contributed by atoms with Gasteiger partial charge < -0.3 is 19.9 Å². The molecule has 0 bridgehead atoms. The zero-order valence-corrected chi connectivity index (χ0v) is 13.9. The van der Waals surface area contributed by atoms with Crippen molar-refractivity contribution in [3.05, 3.63) is 21.3 Å². The maximum atomic E-state index is 11.9. The molecule has 0 aromatic heterocycles. The smallest absolute Gasteiger partial charge is 0.251 e. The van der Waals surface area contributed by atoms with Crippen molar-refractivity contribution in [2.75, 3.05) is 26.4 Å². The highest BCUT2D eigenvalue weighted by Crippen LogP contribution is 2.34. The molecule has 0 saturated carbocycles. The number of rotatable bonds is 8. The molecule has 5 nitrogen and oxygen atoms in total. The van der Waals surface area contributed by atoms with Gasteiger partial charge in [0.15, 0.2) is 11.5 Å². The average Bonchev–Trinajstić information content (AvgIpc) is 2.44. The number of amides is 1. The topological polar surface area (TPSA) is 67.8 Å². The SMILES string of the molecule is CCCOc1c(I)cc(C(=O)NCCO)cc1OCC. The lowest BCUT2D eigenvalue weighted by Crippen LogP contribution is -2.26. The fourth-order valence-corrected chi connectivity index (χ4v) is 2.33. The second kappa shape index (κ2) is 9.02. The molecule has 2 N–H and O–H groups in total. The summed E-state index contributed by atoms with van der Waals surface area (Å²) in [6.07, 6.45) is 0.903. The van der Waals surface area contributed by atoms with Crippen LogP contribution in [0.25, 0.3) is 0 Å². The van der Waals surface area contributed by atoms with Gasteiger partial charge in [-0.25, -0.2) is 0 Å². The van der Waals surface area contributed by atoms with Gasteiger partial charge in [0.05, 0.1) is 23.4 Å². The van der Waals surface area contributed by atoms with Crippen molar-refractivity contribution in [3.63, 3.8) is 0 Å². The predicted octanol–water partition coefficient (Wildman–Crippen LogP) is 2.20. The van der Waals surface area contributed by atoms with Gasteiger partial charge in [-0.1, -0.05) is 6.92 Å². The van der Waals surface area contributed by atoms with Crippen LogP contribution in [-0.4, -0.2) is 37.4 Å². The van der Waals surface area contributed by atoms with Gasteiger partial charge in [0.2, 0.25) is 0 Å². The number of aliphatic hydroxyl groups excluding tert-OH is 1. The van der Waals surface area contributed by atoms with Crippen molar-refractivity contribution in [1.29, 1.82) is 0 Å². The second-order valence-electron chi connectivity index (χ2n) is 4.05. The Morgan fingerprint density at radius 1 is 1.35 bits per heavy atom. The Balaban J connectivity index is 3.02. The lowest BCUT2D eigenvalue weighted by Gasteiger charge is -2.15. The summed E-state index contributed by atoms with van der Waals surface area (Å²) in [4.78, 5) is 11.9. The maximum Gasteiger partial charge on any atom is 0.251 e. The molecule has 0 saturated heterocycles. The highest BCUT2D eigenvalue weighted by Gasteiger charge is 2.15. The minimum absolute atomic E-state index is 0.0845. The van der Waals surface area contributed by atoms with E-state index in [1.54, 1.807) is 12.1 Å². The second-order valence-corrected chi connectivity index (χ2v) is 5.21. The molecule has 1 aromatic rings. The monoisotopic (exact) mass is 393 g/mol. The van der Waals surface area contributed by atoms with Crippen molar-refractivity contribution in [3.8, 4) is 11.5 Å². The Labute approximate surface area is 132 Å². The van der Waals surface area contributed by atoms with Crippen LogP contribution in [0.15, 0.2) is 12.1 Å². The first-order valence-corrected chi connectivity index (χ1v) is 7.70. The number of hydrogen-bond donors (Lipinski definition) is 2. The molecule has 0 fully saturated rings. The molecule has 20 heavy (non-hydrogen) atoms. The highest BCUT2D eigenvalue weighted by atomic mass is 127. The van der Waals surface area contributed by atoms with Gasteiger partial charge >= 0.3 is 0 Å². The molecule has 1 amide bonds. The fourth-order valence-electron chi connectivity index (χ4n) is 1.58. The molecule has 0 radical (unpaired) electrons. The number of nitrogens with one attached hydrogen (secondary N) is 1. The summed E-state index contributed by atoms with van der Waals surface area (Å²) >= 11 is 2.13. The van der Waals surface area contributed by atoms with E-state index in [0.717, 1.165) is 9.99 Å². The first-order chi connectivity index (χ1) is 9.63. The van der Waals surface area contributed by atoms with Gasteiger partial charge in [-0.2, -0.15) is 0 Å². The third-order valence-corrected chi connectivity index (χ3v) is 3.22. The van der Waals surface area contributed by atoms with Gasteiger partial charge in [-0.3, -0.25) is 4.79 Å². The van der Waals surface area contributed by atoms with Crippen LogP contribution >= 0.6 is 22.6 Å². The standard InChI is InChI=1S/C14H20INO4/c1-3-7-20-13-11(15)8-10(9-12(13)19-4-2)14(18)16-5-6-17/h8-9,17H,3-7H2,1-2H3,(H,16,18). The van der Waals surface area contributed by atoms with Crippen LogP contribution < -0.4 is 14.8 Å². The summed E-state index contributed by atoms with van der Waals surface area (Å²) in [5.74, 6) is 1.01. The fraction of sp³-hybridized carbons (Fsp3) is 0.500. The Morgan fingerprint density at radius 2 is 2.10 bits per heavy atom. The van der Waals surface area contributed by atoms with E-state index in [9.17, 15) is 4.79 Å². The molecule has 0 unspecified atom stereocenters. The zero-order chi connectivity index (χ0) is 15.0. The van der Waals surface area contributed by atoms with Gasteiger partial charge in [-0.15, -0.1) is 0 Å². The van der Waals surface area contributed by atoms with E-state index in [1.807, 2.05) is 13.8 Å². The van der Waals surface area contributed by atoms with Crippen LogP contribution in [-0.2, 0) is 0 Å². The average molecular weight is 393 g/mol. The summed E-state index contributed by atoms with van der Waals surface area (Å²) in [5.41, 5.74) is 0.496. The van der Waals surface area contributed by atoms with E-state index in [-0.39, 0.29) is 19.1 Å². The number of carbonyl (C=O) groups excluding carboxylic acids is 1. The molecular weight excluding hydrogens is 373 g/mol. The predicted molar refractivity (Wildman–Crippen MR) is 85.5 cm³/mol. The maximum absolute atomic E-state index is 11.9. The van der Waals surface area contributed by atoms with E-state index in [0.29, 0.717) is 30.3 Å². The Morgan fingerprint density at radius 3 is 2.70 bits per heavy atom. The number of carbonyl (C=O) groups is 1. The summed E-state index contributed by atoms with van der Waals surface area (Å²) in [6.45, 7) is 5.16. The number of ether oxygens (including phenoxy) is 2. The minimum Gasteiger partial charge on any atom is -0.490 e. The van der Waals surface area contributed by atoms with Crippen LogP contribution in [0.3, 0.4) is 0 Å². The number of benzene rings is 1. The van der Waals surface area contributed by atoms with Crippen molar-refractivity contribution >= 4 is 28.5 Å². The quantitative estimate of drug-likeness (QED) is 0.665. The van der Waals surface area contributed by atoms with E-state index in [2.05, 4.69) is 27.9 Å². The van der Waals surface area contributed by atoms with E-state index >= 15 is 0 Å². The Bertz CT molecular complexity index is 451. The van der Waals surface area contributed by atoms with Crippen LogP contribution in [0.2, 0.25) is 0 Å². The summed E-state index contributed by atoms with van der Waals surface area (Å²) in [7, 11) is 0. The molecule has 6 heteroatoms. The molecule has 0 aliphatic rings. The summed E-state index contributed by atoms with van der Waals surface area (Å²) in [6, 6.07) is 3.42. The molecule has 0 atom stereocenters. The highest BCUT2D eigenvalue weighted by molar-refractivity contribution is 14.1. The molecule has 112 valence electrons. The lowest BCUT2D eigenvalue weighted by molar-refractivity contribution is 0.0944. The number of hydrogen-bond acceptors (Lipinski definition) is 4. The van der Waals surface area contributed by atoms with Crippen molar-refractivity contribution in [1.82, 2.24) is 5.32 Å². The van der Waals surface area contributed by atoms with Gasteiger partial charge in [-0.05, 0) is 48.1 Å². The minimum atomic E-state index is -0.236. The van der Waals surface area contributed by atoms with Gasteiger partial charge in [0.1, 0.15) is 0 Å². The van der Waals surface area contributed by atoms with E-state index in [1.165, 1.54) is 0 Å². The van der Waals surface area contributed by atoms with Gasteiger partial charge in [0, 0.05) is 12.1 Å². The third-order valence-electron chi connectivity index (χ3n) is 2.42. The first kappa shape index (κ1) is 17.0. The molecule has 0 aliphatic heterocycles. The lowest BCUT2D eigenvalue weighted by atomic mass is 10.2. The van der Waals surface area contributed by atoms with Crippen LogP contribution in [0, 0.1) is 3.57 Å². The molecule has 0 spiro atoms. The third kappa shape index (κ3) is 4.82. The number of halogens is 1. The first-order valence-electron chi connectivity index (χ1n) is 6.62. The van der Waals surface area contributed by atoms with Crippen molar-refractivity contribution < 1.29 is 19.4 Å². The Hall–Kier alpha value is -1.02. The van der Waals surface area contributed by atoms with Gasteiger partial charge in [0.25, 0.3) is 5.91 Å². The van der Waals surface area contributed by atoms with Crippen molar-refractivity contribution in [2.45, 2.75) is 20.3 Å². The Kier molecular flexibility index (Phi) is 7.68. The summed E-state index contributed by atoms with van der Waals surface area (Å²) < 4.78 is 12.1. The van der Waals surface area contributed by atoms with E-state index in [4.69, 9.17) is 14.6 Å². The van der Waals surface area contributed by atoms with Crippen molar-refractivity contribution in [2.24, 2.45) is 0 Å². The van der Waals surface area contributed by atoms with Crippen LogP contribution in [0.4, 0.5) is 0 Å². The largest absolute Gasteiger partial charge is 0.490 e. The normalized spacial score (nSPS) is 10.2. The molecule has 0 heterocycles. The van der Waals surface area contributed by atoms with E-state index < -0.39 is 0 Å². The number of aliphatic hydroxyl groups is 1. The van der Waals surface area contributed by atoms with Crippen LogP contribution in [0.1, 0.15) is 30.6 Å². The molecular formula is C14H20INO4. The van der Waals surface area contributed by atoms with Crippen LogP contribution in [0.5, 0.6) is 11.5 Å².